The first kappa shape index (κ1) is 14.3. The minimum Gasteiger partial charge on any atom is -0.374 e. The molecule has 21 heavy (non-hydrogen) atoms. The molecule has 3 rings (SSSR count). The standard InChI is InChI=1S/C15H18N2O3S/c1-9-3-6-14(21-9)13(19-2)8-16-15(18)11-7-12(20-17-11)10-4-5-10/h3,6-7,10,13H,4-5,8H2,1-2H3,(H,16,18). The number of thiophene rings is 1. The van der Waals surface area contributed by atoms with Gasteiger partial charge in [-0.15, -0.1) is 11.3 Å². The Morgan fingerprint density at radius 1 is 1.57 bits per heavy atom. The number of hydrogen-bond donors (Lipinski definition) is 1. The molecule has 6 heteroatoms. The van der Waals surface area contributed by atoms with E-state index in [9.17, 15) is 4.79 Å². The van der Waals surface area contributed by atoms with Crippen LogP contribution in [0.3, 0.4) is 0 Å². The summed E-state index contributed by atoms with van der Waals surface area (Å²) >= 11 is 1.67. The largest absolute Gasteiger partial charge is 0.374 e. The number of amides is 1. The number of aryl methyl sites for hydroxylation is 1. The first-order valence-corrected chi connectivity index (χ1v) is 7.83. The van der Waals surface area contributed by atoms with Gasteiger partial charge < -0.3 is 14.6 Å². The maximum Gasteiger partial charge on any atom is 0.273 e. The smallest absolute Gasteiger partial charge is 0.273 e. The second kappa shape index (κ2) is 5.99. The molecule has 0 aromatic carbocycles. The van der Waals surface area contributed by atoms with Gasteiger partial charge in [0.05, 0.1) is 0 Å². The summed E-state index contributed by atoms with van der Waals surface area (Å²) in [6, 6.07) is 5.82. The van der Waals surface area contributed by atoms with Gasteiger partial charge in [0.15, 0.2) is 5.69 Å². The molecule has 2 heterocycles. The van der Waals surface area contributed by atoms with E-state index in [0.717, 1.165) is 23.5 Å². The molecule has 0 saturated heterocycles. The van der Waals surface area contributed by atoms with Crippen molar-refractivity contribution in [1.29, 1.82) is 0 Å². The predicted octanol–water partition coefficient (Wildman–Crippen LogP) is 3.04. The zero-order chi connectivity index (χ0) is 14.8. The van der Waals surface area contributed by atoms with E-state index in [1.165, 1.54) is 4.88 Å². The van der Waals surface area contributed by atoms with Crippen LogP contribution in [0, 0.1) is 6.92 Å². The molecule has 1 aliphatic carbocycles. The molecule has 112 valence electrons. The molecule has 1 fully saturated rings. The van der Waals surface area contributed by atoms with E-state index in [2.05, 4.69) is 10.5 Å². The third-order valence-electron chi connectivity index (χ3n) is 3.55. The Morgan fingerprint density at radius 3 is 3.00 bits per heavy atom. The van der Waals surface area contributed by atoms with Gasteiger partial charge in [0, 0.05) is 35.4 Å². The lowest BCUT2D eigenvalue weighted by molar-refractivity contribution is 0.0830. The topological polar surface area (TPSA) is 64.4 Å². The molecule has 2 aromatic rings. The number of rotatable bonds is 6. The first-order chi connectivity index (χ1) is 10.2. The lowest BCUT2D eigenvalue weighted by Gasteiger charge is -2.13. The summed E-state index contributed by atoms with van der Waals surface area (Å²) in [4.78, 5) is 14.4. The second-order valence-corrected chi connectivity index (χ2v) is 6.59. The number of nitrogens with zero attached hydrogens (tertiary/aromatic N) is 1. The highest BCUT2D eigenvalue weighted by Crippen LogP contribution is 2.40. The summed E-state index contributed by atoms with van der Waals surface area (Å²) in [7, 11) is 1.65. The molecule has 2 aromatic heterocycles. The van der Waals surface area contributed by atoms with Gasteiger partial charge in [-0.1, -0.05) is 5.16 Å². The zero-order valence-corrected chi connectivity index (χ0v) is 12.9. The highest BCUT2D eigenvalue weighted by Gasteiger charge is 2.29. The van der Waals surface area contributed by atoms with E-state index in [1.54, 1.807) is 24.5 Å². The molecule has 1 amide bonds. The summed E-state index contributed by atoms with van der Waals surface area (Å²) < 4.78 is 10.6. The summed E-state index contributed by atoms with van der Waals surface area (Å²) in [6.45, 7) is 2.47. The minimum atomic E-state index is -0.221. The highest BCUT2D eigenvalue weighted by molar-refractivity contribution is 7.12. The van der Waals surface area contributed by atoms with Crippen molar-refractivity contribution in [1.82, 2.24) is 10.5 Å². The normalized spacial score (nSPS) is 15.9. The van der Waals surface area contributed by atoms with E-state index in [1.807, 2.05) is 19.1 Å². The predicted molar refractivity (Wildman–Crippen MR) is 79.6 cm³/mol. The van der Waals surface area contributed by atoms with Gasteiger partial charge in [0.2, 0.25) is 0 Å². The van der Waals surface area contributed by atoms with E-state index in [4.69, 9.17) is 9.26 Å². The van der Waals surface area contributed by atoms with E-state index in [0.29, 0.717) is 18.2 Å². The summed E-state index contributed by atoms with van der Waals surface area (Å²) in [5, 5.41) is 6.68. The molecule has 5 nitrogen and oxygen atoms in total. The lowest BCUT2D eigenvalue weighted by atomic mass is 10.2. The van der Waals surface area contributed by atoms with Crippen molar-refractivity contribution in [3.05, 3.63) is 39.4 Å². The Bertz CT molecular complexity index is 630. The number of methoxy groups -OCH3 is 1. The fraction of sp³-hybridized carbons (Fsp3) is 0.467. The van der Waals surface area contributed by atoms with Crippen LogP contribution < -0.4 is 5.32 Å². The molecule has 1 N–H and O–H groups in total. The van der Waals surface area contributed by atoms with Crippen LogP contribution in [0.4, 0.5) is 0 Å². The van der Waals surface area contributed by atoms with Crippen LogP contribution in [0.1, 0.15) is 50.9 Å². The lowest BCUT2D eigenvalue weighted by Crippen LogP contribution is -2.29. The van der Waals surface area contributed by atoms with Gasteiger partial charge in [-0.05, 0) is 31.9 Å². The fourth-order valence-corrected chi connectivity index (χ4v) is 3.11. The number of ether oxygens (including phenoxy) is 1. The average Bonchev–Trinajstić information content (AvgIpc) is 3.05. The molecule has 0 spiro atoms. The highest BCUT2D eigenvalue weighted by atomic mass is 32.1. The zero-order valence-electron chi connectivity index (χ0n) is 12.1. The molecule has 0 radical (unpaired) electrons. The van der Waals surface area contributed by atoms with Gasteiger partial charge in [0.25, 0.3) is 5.91 Å². The first-order valence-electron chi connectivity index (χ1n) is 7.01. The molecule has 1 unspecified atom stereocenters. The van der Waals surface area contributed by atoms with E-state index in [-0.39, 0.29) is 12.0 Å². The second-order valence-electron chi connectivity index (χ2n) is 5.27. The third kappa shape index (κ3) is 3.33. The number of aromatic nitrogens is 1. The van der Waals surface area contributed by atoms with Crippen molar-refractivity contribution in [2.24, 2.45) is 0 Å². The Hall–Kier alpha value is -1.66. The molecule has 1 aliphatic rings. The molecule has 1 saturated carbocycles. The van der Waals surface area contributed by atoms with Crippen LogP contribution >= 0.6 is 11.3 Å². The summed E-state index contributed by atoms with van der Waals surface area (Å²) in [5.41, 5.74) is 0.342. The summed E-state index contributed by atoms with van der Waals surface area (Å²) in [5.74, 6) is 1.05. The number of carbonyl (C=O) groups excluding carboxylic acids is 1. The van der Waals surface area contributed by atoms with Crippen LogP contribution in [-0.4, -0.2) is 24.7 Å². The molecular weight excluding hydrogens is 288 g/mol. The van der Waals surface area contributed by atoms with Crippen LogP contribution in [0.15, 0.2) is 22.7 Å². The van der Waals surface area contributed by atoms with E-state index < -0.39 is 0 Å². The Labute approximate surface area is 127 Å². The maximum atomic E-state index is 12.1. The van der Waals surface area contributed by atoms with Crippen molar-refractivity contribution in [3.8, 4) is 0 Å². The number of carbonyl (C=O) groups is 1. The fourth-order valence-electron chi connectivity index (χ4n) is 2.16. The summed E-state index contributed by atoms with van der Waals surface area (Å²) in [6.07, 6.45) is 2.11. The molecule has 1 atom stereocenters. The Morgan fingerprint density at radius 2 is 2.38 bits per heavy atom. The molecular formula is C15H18N2O3S. The Balaban J connectivity index is 1.58. The van der Waals surface area contributed by atoms with Gasteiger partial charge in [-0.3, -0.25) is 4.79 Å². The van der Waals surface area contributed by atoms with Crippen molar-refractivity contribution < 1.29 is 14.1 Å². The maximum absolute atomic E-state index is 12.1. The van der Waals surface area contributed by atoms with Crippen molar-refractivity contribution in [2.75, 3.05) is 13.7 Å². The van der Waals surface area contributed by atoms with Crippen LogP contribution in [0.25, 0.3) is 0 Å². The SMILES string of the molecule is COC(CNC(=O)c1cc(C2CC2)on1)c1ccc(C)s1. The average molecular weight is 306 g/mol. The number of hydrogen-bond acceptors (Lipinski definition) is 5. The van der Waals surface area contributed by atoms with E-state index >= 15 is 0 Å². The molecule has 0 aliphatic heterocycles. The van der Waals surface area contributed by atoms with Crippen molar-refractivity contribution >= 4 is 17.2 Å². The Kier molecular flexibility index (Phi) is 4.07. The van der Waals surface area contributed by atoms with Gasteiger partial charge in [0.1, 0.15) is 11.9 Å². The van der Waals surface area contributed by atoms with Crippen LogP contribution in [-0.2, 0) is 4.74 Å². The minimum absolute atomic E-state index is 0.137. The molecule has 0 bridgehead atoms. The van der Waals surface area contributed by atoms with Crippen LogP contribution in [0.2, 0.25) is 0 Å². The number of nitrogens with one attached hydrogen (secondary N) is 1. The van der Waals surface area contributed by atoms with Crippen molar-refractivity contribution in [3.63, 3.8) is 0 Å². The van der Waals surface area contributed by atoms with Crippen LogP contribution in [0.5, 0.6) is 0 Å². The van der Waals surface area contributed by atoms with Gasteiger partial charge >= 0.3 is 0 Å². The van der Waals surface area contributed by atoms with Gasteiger partial charge in [-0.2, -0.15) is 0 Å². The monoisotopic (exact) mass is 306 g/mol. The van der Waals surface area contributed by atoms with Crippen molar-refractivity contribution in [2.45, 2.75) is 31.8 Å². The quantitative estimate of drug-likeness (QED) is 0.891. The van der Waals surface area contributed by atoms with Gasteiger partial charge in [-0.25, -0.2) is 0 Å². The third-order valence-corrected chi connectivity index (χ3v) is 4.64.